The van der Waals surface area contributed by atoms with Gasteiger partial charge in [0, 0.05) is 30.7 Å². The molecule has 36 heavy (non-hydrogen) atoms. The second kappa shape index (κ2) is 9.87. The zero-order valence-corrected chi connectivity index (χ0v) is 20.6. The van der Waals surface area contributed by atoms with Crippen molar-refractivity contribution in [1.82, 2.24) is 14.8 Å². The number of hydrogen-bond acceptors (Lipinski definition) is 3. The lowest BCUT2D eigenvalue weighted by Crippen LogP contribution is -2.42. The molecule has 2 heterocycles. The first kappa shape index (κ1) is 25.6. The third-order valence-corrected chi connectivity index (χ3v) is 6.14. The smallest absolute Gasteiger partial charge is 0.418 e. The summed E-state index contributed by atoms with van der Waals surface area (Å²) in [6.07, 6.45) is -4.50. The van der Waals surface area contributed by atoms with Crippen LogP contribution in [0.3, 0.4) is 0 Å². The fraction of sp³-hybridized carbons (Fsp3) is 0.407. The standard InChI is InChI=1S/C27H30F3N3O3/c1-26(2,3)36-25(35)31-16-22(34)32-14-15-33-21(13-12-18-8-5-4-6-9-18)23(27(28,29)30)20-11-7-10-19(17-32)24(20)33/h4-11H,12-17H2,1-3H3,(H,31,35). The van der Waals surface area contributed by atoms with Crippen molar-refractivity contribution in [2.45, 2.75) is 58.5 Å². The molecule has 0 aliphatic carbocycles. The molecule has 2 amide bonds. The third-order valence-electron chi connectivity index (χ3n) is 6.14. The van der Waals surface area contributed by atoms with Gasteiger partial charge in [-0.3, -0.25) is 4.79 Å². The molecule has 3 aromatic rings. The molecular weight excluding hydrogens is 471 g/mol. The normalized spacial score (nSPS) is 14.0. The molecule has 4 rings (SSSR count). The van der Waals surface area contributed by atoms with Crippen LogP contribution in [0.4, 0.5) is 18.0 Å². The van der Waals surface area contributed by atoms with Gasteiger partial charge in [-0.25, -0.2) is 4.79 Å². The lowest BCUT2D eigenvalue weighted by Gasteiger charge is -2.23. The first-order chi connectivity index (χ1) is 16.9. The summed E-state index contributed by atoms with van der Waals surface area (Å²) in [6, 6.07) is 14.3. The summed E-state index contributed by atoms with van der Waals surface area (Å²) in [6.45, 7) is 5.53. The quantitative estimate of drug-likeness (QED) is 0.515. The van der Waals surface area contributed by atoms with Gasteiger partial charge in [0.25, 0.3) is 0 Å². The van der Waals surface area contributed by atoms with Crippen LogP contribution in [0.5, 0.6) is 0 Å². The summed E-state index contributed by atoms with van der Waals surface area (Å²) in [7, 11) is 0. The monoisotopic (exact) mass is 501 g/mol. The van der Waals surface area contributed by atoms with Gasteiger partial charge in [0.05, 0.1) is 11.1 Å². The fourth-order valence-corrected chi connectivity index (χ4v) is 4.69. The van der Waals surface area contributed by atoms with Crippen LogP contribution in [0, 0.1) is 0 Å². The van der Waals surface area contributed by atoms with E-state index in [1.807, 2.05) is 30.3 Å². The van der Waals surface area contributed by atoms with E-state index >= 15 is 0 Å². The van der Waals surface area contributed by atoms with Gasteiger partial charge in [-0.05, 0) is 44.7 Å². The minimum atomic E-state index is -4.50. The van der Waals surface area contributed by atoms with Crippen LogP contribution in [-0.2, 0) is 41.6 Å². The first-order valence-electron chi connectivity index (χ1n) is 11.9. The van der Waals surface area contributed by atoms with Crippen LogP contribution in [-0.4, -0.2) is 40.2 Å². The van der Waals surface area contributed by atoms with Crippen LogP contribution in [0.25, 0.3) is 10.9 Å². The van der Waals surface area contributed by atoms with Crippen LogP contribution in [0.2, 0.25) is 0 Å². The van der Waals surface area contributed by atoms with Gasteiger partial charge in [-0.1, -0.05) is 48.5 Å². The summed E-state index contributed by atoms with van der Waals surface area (Å²) in [4.78, 5) is 26.4. The van der Waals surface area contributed by atoms with E-state index in [-0.39, 0.29) is 49.6 Å². The largest absolute Gasteiger partial charge is 0.444 e. The Hall–Kier alpha value is -3.49. The number of aromatic nitrogens is 1. The van der Waals surface area contributed by atoms with Crippen molar-refractivity contribution in [3.05, 3.63) is 70.9 Å². The maximum absolute atomic E-state index is 14.3. The average Bonchev–Trinajstić information content (AvgIpc) is 2.99. The Morgan fingerprint density at radius 3 is 2.36 bits per heavy atom. The Kier molecular flexibility index (Phi) is 7.02. The molecule has 0 atom stereocenters. The maximum atomic E-state index is 14.3. The summed E-state index contributed by atoms with van der Waals surface area (Å²) < 4.78 is 49.7. The van der Waals surface area contributed by atoms with Crippen molar-refractivity contribution >= 4 is 22.9 Å². The van der Waals surface area contributed by atoms with Gasteiger partial charge in [0.15, 0.2) is 0 Å². The van der Waals surface area contributed by atoms with Gasteiger partial charge < -0.3 is 19.5 Å². The minimum Gasteiger partial charge on any atom is -0.444 e. The second-order valence-electron chi connectivity index (χ2n) is 9.94. The van der Waals surface area contributed by atoms with Crippen LogP contribution >= 0.6 is 0 Å². The highest BCUT2D eigenvalue weighted by Gasteiger charge is 2.39. The number of nitrogens with zero attached hydrogens (tertiary/aromatic N) is 2. The number of carbonyl (C=O) groups excluding carboxylic acids is 2. The highest BCUT2D eigenvalue weighted by atomic mass is 19.4. The van der Waals surface area contributed by atoms with Gasteiger partial charge in [-0.15, -0.1) is 0 Å². The van der Waals surface area contributed by atoms with Crippen LogP contribution in [0.15, 0.2) is 48.5 Å². The number of amides is 2. The molecule has 1 aromatic heterocycles. The zero-order valence-electron chi connectivity index (χ0n) is 20.6. The zero-order chi connectivity index (χ0) is 26.1. The molecule has 1 aliphatic rings. The Labute approximate surface area is 208 Å². The topological polar surface area (TPSA) is 63.6 Å². The predicted molar refractivity (Wildman–Crippen MR) is 130 cm³/mol. The highest BCUT2D eigenvalue weighted by molar-refractivity contribution is 5.90. The van der Waals surface area contributed by atoms with Crippen LogP contribution < -0.4 is 5.32 Å². The number of aryl methyl sites for hydroxylation is 1. The molecule has 192 valence electrons. The van der Waals surface area contributed by atoms with Gasteiger partial charge in [0.1, 0.15) is 12.1 Å². The van der Waals surface area contributed by atoms with Crippen molar-refractivity contribution in [2.24, 2.45) is 0 Å². The summed E-state index contributed by atoms with van der Waals surface area (Å²) in [5.74, 6) is -0.328. The van der Waals surface area contributed by atoms with E-state index in [1.165, 1.54) is 6.07 Å². The molecular formula is C27H30F3N3O3. The number of para-hydroxylation sites is 1. The molecule has 0 bridgehead atoms. The van der Waals surface area contributed by atoms with Gasteiger partial charge >= 0.3 is 12.3 Å². The van der Waals surface area contributed by atoms with E-state index in [2.05, 4.69) is 5.32 Å². The number of hydrogen-bond donors (Lipinski definition) is 1. The summed E-state index contributed by atoms with van der Waals surface area (Å²) >= 11 is 0. The Balaban J connectivity index is 1.61. The molecule has 0 unspecified atom stereocenters. The number of carbonyl (C=O) groups is 2. The molecule has 0 saturated carbocycles. The number of benzene rings is 2. The van der Waals surface area contributed by atoms with Crippen LogP contribution in [0.1, 0.15) is 43.2 Å². The van der Waals surface area contributed by atoms with Crippen molar-refractivity contribution in [3.8, 4) is 0 Å². The summed E-state index contributed by atoms with van der Waals surface area (Å²) in [5.41, 5.74) is 1.07. The number of ether oxygens (including phenoxy) is 1. The number of alkyl carbamates (subject to hydrolysis) is 1. The molecule has 0 fully saturated rings. The average molecular weight is 502 g/mol. The molecule has 2 aromatic carbocycles. The van der Waals surface area contributed by atoms with Crippen molar-refractivity contribution < 1.29 is 27.5 Å². The Bertz CT molecular complexity index is 1260. The molecule has 1 N–H and O–H groups in total. The highest BCUT2D eigenvalue weighted by Crippen LogP contribution is 2.41. The van der Waals surface area contributed by atoms with E-state index in [4.69, 9.17) is 4.74 Å². The molecule has 9 heteroatoms. The van der Waals surface area contributed by atoms with Gasteiger partial charge in [0.2, 0.25) is 5.91 Å². The van der Waals surface area contributed by atoms with E-state index in [9.17, 15) is 22.8 Å². The number of halogens is 3. The lowest BCUT2D eigenvalue weighted by molar-refractivity contribution is -0.137. The van der Waals surface area contributed by atoms with E-state index in [0.717, 1.165) is 5.56 Å². The van der Waals surface area contributed by atoms with Crippen molar-refractivity contribution in [2.75, 3.05) is 13.1 Å². The predicted octanol–water partition coefficient (Wildman–Crippen LogP) is 5.31. The Morgan fingerprint density at radius 1 is 0.972 bits per heavy atom. The van der Waals surface area contributed by atoms with E-state index in [0.29, 0.717) is 17.5 Å². The number of nitrogens with one attached hydrogen (secondary N) is 1. The van der Waals surface area contributed by atoms with Crippen molar-refractivity contribution in [3.63, 3.8) is 0 Å². The fourth-order valence-electron chi connectivity index (χ4n) is 4.69. The lowest BCUT2D eigenvalue weighted by atomic mass is 10.0. The third kappa shape index (κ3) is 5.66. The van der Waals surface area contributed by atoms with E-state index in [1.54, 1.807) is 42.4 Å². The maximum Gasteiger partial charge on any atom is 0.418 e. The SMILES string of the molecule is CC(C)(C)OC(=O)NCC(=O)N1CCn2c(CCc3ccccc3)c(C(F)(F)F)c3cccc(c32)C1. The molecule has 0 spiro atoms. The first-order valence-corrected chi connectivity index (χ1v) is 11.9. The number of rotatable bonds is 5. The summed E-state index contributed by atoms with van der Waals surface area (Å²) in [5, 5.41) is 2.62. The molecule has 1 aliphatic heterocycles. The molecule has 0 saturated heterocycles. The molecule has 0 radical (unpaired) electrons. The van der Waals surface area contributed by atoms with Gasteiger partial charge in [-0.2, -0.15) is 13.2 Å². The molecule has 6 nitrogen and oxygen atoms in total. The number of alkyl halides is 3. The van der Waals surface area contributed by atoms with E-state index < -0.39 is 23.4 Å². The second-order valence-corrected chi connectivity index (χ2v) is 9.94. The van der Waals surface area contributed by atoms with Crippen molar-refractivity contribution in [1.29, 1.82) is 0 Å². The Morgan fingerprint density at radius 2 is 1.69 bits per heavy atom. The minimum absolute atomic E-state index is 0.157.